The highest BCUT2D eigenvalue weighted by atomic mass is 32.1. The summed E-state index contributed by atoms with van der Waals surface area (Å²) in [5, 5.41) is 13.1. The molecule has 2 aromatic heterocycles. The Kier molecular flexibility index (Phi) is 5.18. The Morgan fingerprint density at radius 2 is 0.880 bits per heavy atom. The number of nitrogens with zero attached hydrogens (tertiary/aromatic N) is 1. The second-order valence-corrected chi connectivity index (χ2v) is 14.6. The molecule has 2 heteroatoms. The summed E-state index contributed by atoms with van der Waals surface area (Å²) < 4.78 is 5.25. The van der Waals surface area contributed by atoms with Crippen LogP contribution in [0.15, 0.2) is 164 Å². The molecule has 0 amide bonds. The van der Waals surface area contributed by atoms with Gasteiger partial charge in [0, 0.05) is 41.7 Å². The minimum Gasteiger partial charge on any atom is -0.308 e. The van der Waals surface area contributed by atoms with Crippen LogP contribution in [-0.4, -0.2) is 4.57 Å². The molecule has 50 heavy (non-hydrogen) atoms. The number of para-hydroxylation sites is 1. The molecule has 0 aliphatic heterocycles. The van der Waals surface area contributed by atoms with Crippen LogP contribution in [0, 0.1) is 0 Å². The predicted molar refractivity (Wildman–Crippen MR) is 216 cm³/mol. The highest BCUT2D eigenvalue weighted by Gasteiger charge is 2.25. The van der Waals surface area contributed by atoms with Crippen molar-refractivity contribution in [2.45, 2.75) is 0 Å². The van der Waals surface area contributed by atoms with Crippen LogP contribution < -0.4 is 0 Å². The van der Waals surface area contributed by atoms with Gasteiger partial charge in [-0.25, -0.2) is 0 Å². The first kappa shape index (κ1) is 26.7. The molecule has 0 N–H and O–H groups in total. The van der Waals surface area contributed by atoms with E-state index in [2.05, 4.69) is 168 Å². The van der Waals surface area contributed by atoms with Gasteiger partial charge in [-0.15, -0.1) is 11.3 Å². The lowest BCUT2D eigenvalue weighted by Crippen LogP contribution is -1.97. The smallest absolute Gasteiger partial charge is 0.0634 e. The summed E-state index contributed by atoms with van der Waals surface area (Å²) in [5.41, 5.74) is 11.6. The molecule has 0 unspecified atom stereocenters. The fourth-order valence-electron chi connectivity index (χ4n) is 9.13. The molecule has 1 nitrogen and oxygen atoms in total. The Morgan fingerprint density at radius 3 is 1.72 bits per heavy atom. The average Bonchev–Trinajstić information content (AvgIpc) is 3.84. The van der Waals surface area contributed by atoms with Crippen molar-refractivity contribution in [1.29, 1.82) is 0 Å². The maximum Gasteiger partial charge on any atom is 0.0634 e. The number of hydrogen-bond acceptors (Lipinski definition) is 1. The molecule has 0 bridgehead atoms. The van der Waals surface area contributed by atoms with Crippen LogP contribution >= 0.6 is 11.3 Å². The van der Waals surface area contributed by atoms with Gasteiger partial charge in [0.15, 0.2) is 0 Å². The number of rotatable bonds is 2. The van der Waals surface area contributed by atoms with E-state index in [1.165, 1.54) is 113 Å². The van der Waals surface area contributed by atoms with Crippen molar-refractivity contribution in [2.24, 2.45) is 0 Å². The Hall–Kier alpha value is -6.22. The first-order chi connectivity index (χ1) is 24.8. The van der Waals surface area contributed by atoms with E-state index < -0.39 is 0 Å². The number of thiophene rings is 1. The lowest BCUT2D eigenvalue weighted by atomic mass is 9.91. The van der Waals surface area contributed by atoms with E-state index in [-0.39, 0.29) is 0 Å². The van der Waals surface area contributed by atoms with Crippen molar-refractivity contribution < 1.29 is 0 Å². The van der Waals surface area contributed by atoms with Crippen molar-refractivity contribution in [1.82, 2.24) is 4.57 Å². The molecule has 0 spiro atoms. The SMILES string of the molecule is c1ccc2c(c1)-c1cccc3c(-c4ccc(-n5c6ccccc6c6c7sc8ccccc8c7c7ccccc7c65)c5ccccc45)ccc-2c13. The molecule has 1 aliphatic rings. The molecule has 0 saturated heterocycles. The number of hydrogen-bond donors (Lipinski definition) is 0. The normalized spacial score (nSPS) is 12.4. The van der Waals surface area contributed by atoms with Crippen LogP contribution in [0.3, 0.4) is 0 Å². The van der Waals surface area contributed by atoms with Crippen LogP contribution in [0.25, 0.3) is 113 Å². The van der Waals surface area contributed by atoms with Gasteiger partial charge in [-0.05, 0) is 73.1 Å². The third kappa shape index (κ3) is 3.31. The Bertz CT molecular complexity index is 3240. The molecular formula is C48H27NS. The Labute approximate surface area is 291 Å². The van der Waals surface area contributed by atoms with Gasteiger partial charge in [-0.2, -0.15) is 0 Å². The van der Waals surface area contributed by atoms with E-state index in [4.69, 9.17) is 0 Å². The second-order valence-electron chi connectivity index (χ2n) is 13.5. The predicted octanol–water partition coefficient (Wildman–Crippen LogP) is 13.9. The van der Waals surface area contributed by atoms with Gasteiger partial charge in [0.25, 0.3) is 0 Å². The summed E-state index contributed by atoms with van der Waals surface area (Å²) in [5.74, 6) is 0. The molecule has 0 atom stereocenters. The topological polar surface area (TPSA) is 4.93 Å². The lowest BCUT2D eigenvalue weighted by molar-refractivity contribution is 1.21. The first-order valence-electron chi connectivity index (χ1n) is 17.3. The van der Waals surface area contributed by atoms with Crippen LogP contribution in [0.4, 0.5) is 0 Å². The zero-order valence-corrected chi connectivity index (χ0v) is 27.8. The van der Waals surface area contributed by atoms with E-state index in [1.54, 1.807) is 0 Å². The minimum absolute atomic E-state index is 1.21. The Morgan fingerprint density at radius 1 is 0.320 bits per heavy atom. The summed E-state index contributed by atoms with van der Waals surface area (Å²) in [6.45, 7) is 0. The van der Waals surface area contributed by atoms with E-state index in [9.17, 15) is 0 Å². The fraction of sp³-hybridized carbons (Fsp3) is 0. The molecule has 2 heterocycles. The molecule has 9 aromatic carbocycles. The van der Waals surface area contributed by atoms with Crippen LogP contribution in [0.1, 0.15) is 0 Å². The van der Waals surface area contributed by atoms with E-state index >= 15 is 0 Å². The van der Waals surface area contributed by atoms with Crippen LogP contribution in [0.2, 0.25) is 0 Å². The minimum atomic E-state index is 1.21. The number of benzene rings is 9. The van der Waals surface area contributed by atoms with Gasteiger partial charge >= 0.3 is 0 Å². The van der Waals surface area contributed by atoms with E-state index in [0.717, 1.165) is 0 Å². The van der Waals surface area contributed by atoms with Gasteiger partial charge < -0.3 is 4.57 Å². The molecule has 11 aromatic rings. The monoisotopic (exact) mass is 649 g/mol. The van der Waals surface area contributed by atoms with Gasteiger partial charge in [-0.1, -0.05) is 146 Å². The quantitative estimate of drug-likeness (QED) is 0.176. The lowest BCUT2D eigenvalue weighted by Gasteiger charge is -2.17. The molecule has 0 radical (unpaired) electrons. The molecular weight excluding hydrogens is 623 g/mol. The van der Waals surface area contributed by atoms with Gasteiger partial charge in [0.2, 0.25) is 0 Å². The van der Waals surface area contributed by atoms with Gasteiger partial charge in [0.05, 0.1) is 16.7 Å². The largest absolute Gasteiger partial charge is 0.308 e. The third-order valence-corrected chi connectivity index (χ3v) is 12.3. The zero-order chi connectivity index (χ0) is 32.5. The first-order valence-corrected chi connectivity index (χ1v) is 18.1. The van der Waals surface area contributed by atoms with Crippen molar-refractivity contribution in [3.63, 3.8) is 0 Å². The molecule has 0 saturated carbocycles. The highest BCUT2D eigenvalue weighted by molar-refractivity contribution is 7.27. The fourth-order valence-corrected chi connectivity index (χ4v) is 10.4. The highest BCUT2D eigenvalue weighted by Crippen LogP contribution is 2.51. The zero-order valence-electron chi connectivity index (χ0n) is 26.9. The summed E-state index contributed by atoms with van der Waals surface area (Å²) in [6, 6.07) is 60.9. The van der Waals surface area contributed by atoms with Gasteiger partial charge in [-0.3, -0.25) is 0 Å². The summed E-state index contributed by atoms with van der Waals surface area (Å²) in [4.78, 5) is 0. The third-order valence-electron chi connectivity index (χ3n) is 11.1. The van der Waals surface area contributed by atoms with Gasteiger partial charge in [0.1, 0.15) is 0 Å². The summed E-state index contributed by atoms with van der Waals surface area (Å²) >= 11 is 1.92. The maximum absolute atomic E-state index is 2.55. The second kappa shape index (κ2) is 9.69. The molecule has 230 valence electrons. The molecule has 12 rings (SSSR count). The van der Waals surface area contributed by atoms with Crippen molar-refractivity contribution in [3.8, 4) is 39.1 Å². The van der Waals surface area contributed by atoms with Crippen molar-refractivity contribution in [2.75, 3.05) is 0 Å². The summed E-state index contributed by atoms with van der Waals surface area (Å²) in [7, 11) is 0. The number of aromatic nitrogens is 1. The molecule has 1 aliphatic carbocycles. The average molecular weight is 650 g/mol. The number of fused-ring (bicyclic) bond motifs is 14. The van der Waals surface area contributed by atoms with E-state index in [0.29, 0.717) is 0 Å². The maximum atomic E-state index is 2.55. The van der Waals surface area contributed by atoms with Crippen molar-refractivity contribution in [3.05, 3.63) is 164 Å². The van der Waals surface area contributed by atoms with Crippen LogP contribution in [-0.2, 0) is 0 Å². The Balaban J connectivity index is 1.20. The summed E-state index contributed by atoms with van der Waals surface area (Å²) in [6.07, 6.45) is 0. The van der Waals surface area contributed by atoms with Crippen LogP contribution in [0.5, 0.6) is 0 Å². The molecule has 0 fully saturated rings. The van der Waals surface area contributed by atoms with Crippen molar-refractivity contribution >= 4 is 85.6 Å². The standard InChI is InChI=1S/C48H27NS/c1-2-14-30-29(13-1)34-20-11-21-35-32(24-25-37(30)44(34)35)31-26-27-42(33-15-4-3-12-28(31)33)49-41-22-9-7-18-39(41)46-47(49)38-17-6-5-16-36(38)45-40-19-8-10-23-43(40)50-48(45)46/h1-27H. The van der Waals surface area contributed by atoms with E-state index in [1.807, 2.05) is 11.3 Å².